The van der Waals surface area contributed by atoms with Crippen molar-refractivity contribution in [1.82, 2.24) is 19.6 Å². The molecule has 7 nitrogen and oxygen atoms in total. The van der Waals surface area contributed by atoms with Crippen LogP contribution in [0.3, 0.4) is 0 Å². The molecule has 0 radical (unpaired) electrons. The number of likely N-dealkylation sites (tertiary alicyclic amines) is 1. The number of aromatic nitrogens is 2. The minimum absolute atomic E-state index is 0.150. The molecule has 2 aliphatic heterocycles. The summed E-state index contributed by atoms with van der Waals surface area (Å²) in [6.45, 7) is 3.62. The molecular formula is C20H30N4O3. The second kappa shape index (κ2) is 8.00. The van der Waals surface area contributed by atoms with Crippen LogP contribution in [0, 0.1) is 5.92 Å². The van der Waals surface area contributed by atoms with Crippen LogP contribution in [0.25, 0.3) is 0 Å². The van der Waals surface area contributed by atoms with Crippen molar-refractivity contribution in [2.45, 2.75) is 70.6 Å². The number of carbonyl (C=O) groups excluding carboxylic acids is 2. The highest BCUT2D eigenvalue weighted by Gasteiger charge is 2.30. The van der Waals surface area contributed by atoms with Crippen LogP contribution in [0.1, 0.15) is 68.9 Å². The van der Waals surface area contributed by atoms with E-state index in [1.54, 1.807) is 0 Å². The minimum Gasteiger partial charge on any atom is -0.386 e. The van der Waals surface area contributed by atoms with Crippen LogP contribution >= 0.6 is 0 Å². The van der Waals surface area contributed by atoms with Crippen LogP contribution in [-0.2, 0) is 22.7 Å². The molecule has 1 unspecified atom stereocenters. The number of carbonyl (C=O) groups is 2. The third-order valence-corrected chi connectivity index (χ3v) is 6.28. The van der Waals surface area contributed by atoms with Crippen molar-refractivity contribution in [3.63, 3.8) is 0 Å². The van der Waals surface area contributed by atoms with Crippen molar-refractivity contribution < 1.29 is 14.7 Å². The molecule has 0 aromatic carbocycles. The van der Waals surface area contributed by atoms with Crippen molar-refractivity contribution in [2.75, 3.05) is 19.6 Å². The fourth-order valence-corrected chi connectivity index (χ4v) is 4.36. The fraction of sp³-hybridized carbons (Fsp3) is 0.750. The van der Waals surface area contributed by atoms with Crippen molar-refractivity contribution in [3.8, 4) is 0 Å². The number of aliphatic hydroxyl groups excluding tert-OH is 1. The topological polar surface area (TPSA) is 78.7 Å². The van der Waals surface area contributed by atoms with Crippen molar-refractivity contribution >= 4 is 11.8 Å². The highest BCUT2D eigenvalue weighted by atomic mass is 16.3. The quantitative estimate of drug-likeness (QED) is 0.824. The highest BCUT2D eigenvalue weighted by molar-refractivity contribution is 5.78. The van der Waals surface area contributed by atoms with E-state index < -0.39 is 6.10 Å². The summed E-state index contributed by atoms with van der Waals surface area (Å²) in [7, 11) is 0. The molecule has 1 N–H and O–H groups in total. The molecule has 3 aliphatic rings. The lowest BCUT2D eigenvalue weighted by Gasteiger charge is -2.29. The third kappa shape index (κ3) is 4.03. The second-order valence-electron chi connectivity index (χ2n) is 8.18. The Hall–Kier alpha value is -1.89. The summed E-state index contributed by atoms with van der Waals surface area (Å²) in [5.41, 5.74) is 1.78. The summed E-state index contributed by atoms with van der Waals surface area (Å²) in [5.74, 6) is 0.714. The lowest BCUT2D eigenvalue weighted by atomic mass is 9.80. The van der Waals surface area contributed by atoms with Crippen LogP contribution in [-0.4, -0.2) is 56.1 Å². The number of hydrogen-bond donors (Lipinski definition) is 1. The van der Waals surface area contributed by atoms with Crippen LogP contribution < -0.4 is 0 Å². The largest absolute Gasteiger partial charge is 0.386 e. The van der Waals surface area contributed by atoms with Crippen LogP contribution in [0.2, 0.25) is 0 Å². The van der Waals surface area contributed by atoms with Crippen molar-refractivity contribution in [2.24, 2.45) is 5.92 Å². The van der Waals surface area contributed by atoms with Crippen LogP contribution in [0.4, 0.5) is 0 Å². The van der Waals surface area contributed by atoms with Gasteiger partial charge in [0.15, 0.2) is 0 Å². The number of amides is 2. The van der Waals surface area contributed by atoms with Gasteiger partial charge in [-0.2, -0.15) is 5.10 Å². The molecule has 0 spiro atoms. The molecule has 1 aliphatic carbocycles. The Morgan fingerprint density at radius 1 is 1.22 bits per heavy atom. The van der Waals surface area contributed by atoms with Crippen LogP contribution in [0.5, 0.6) is 0 Å². The normalized spacial score (nSPS) is 21.7. The molecule has 1 saturated heterocycles. The number of aliphatic hydroxyl groups is 1. The van der Waals surface area contributed by atoms with E-state index in [4.69, 9.17) is 0 Å². The van der Waals surface area contributed by atoms with Gasteiger partial charge < -0.3 is 14.9 Å². The summed E-state index contributed by atoms with van der Waals surface area (Å²) in [5, 5.41) is 15.1. The van der Waals surface area contributed by atoms with Crippen LogP contribution in [0.15, 0.2) is 6.07 Å². The highest BCUT2D eigenvalue weighted by Crippen LogP contribution is 2.37. The van der Waals surface area contributed by atoms with Crippen molar-refractivity contribution in [1.29, 1.82) is 0 Å². The van der Waals surface area contributed by atoms with E-state index in [0.717, 1.165) is 63.1 Å². The Bertz CT molecular complexity index is 697. The van der Waals surface area contributed by atoms with Gasteiger partial charge in [0, 0.05) is 39.0 Å². The third-order valence-electron chi connectivity index (χ3n) is 6.28. The lowest BCUT2D eigenvalue weighted by Crippen LogP contribution is -2.32. The van der Waals surface area contributed by atoms with E-state index in [2.05, 4.69) is 5.10 Å². The molecule has 4 rings (SSSR count). The summed E-state index contributed by atoms with van der Waals surface area (Å²) >= 11 is 0. The van der Waals surface area contributed by atoms with Gasteiger partial charge in [0.05, 0.1) is 17.9 Å². The van der Waals surface area contributed by atoms with E-state index in [1.165, 1.54) is 6.42 Å². The Morgan fingerprint density at radius 2 is 2.07 bits per heavy atom. The number of fused-ring (bicyclic) bond motifs is 1. The molecule has 1 aromatic heterocycles. The standard InChI is InChI=1S/C20H30N4O3/c25-18-7-2-9-22(18)10-3-8-19(26)23-11-4-12-24-16(14-23)13-17(21-24)20(27)15-5-1-6-15/h13,15,20,27H,1-12,14H2. The number of hydrogen-bond acceptors (Lipinski definition) is 4. The zero-order chi connectivity index (χ0) is 18.8. The number of aryl methyl sites for hydroxylation is 1. The number of rotatable bonds is 6. The average molecular weight is 374 g/mol. The van der Waals surface area contributed by atoms with Gasteiger partial charge in [-0.1, -0.05) is 6.42 Å². The fourth-order valence-electron chi connectivity index (χ4n) is 4.36. The molecule has 0 bridgehead atoms. The van der Waals surface area contributed by atoms with E-state index in [9.17, 15) is 14.7 Å². The van der Waals surface area contributed by atoms with E-state index in [1.807, 2.05) is 20.5 Å². The van der Waals surface area contributed by atoms with Gasteiger partial charge in [0.25, 0.3) is 0 Å². The Labute approximate surface area is 160 Å². The van der Waals surface area contributed by atoms with E-state index in [0.29, 0.717) is 31.8 Å². The molecule has 2 fully saturated rings. The molecular weight excluding hydrogens is 344 g/mol. The molecule has 148 valence electrons. The summed E-state index contributed by atoms with van der Waals surface area (Å²) < 4.78 is 1.97. The van der Waals surface area contributed by atoms with E-state index >= 15 is 0 Å². The van der Waals surface area contributed by atoms with Gasteiger partial charge >= 0.3 is 0 Å². The van der Waals surface area contributed by atoms with E-state index in [-0.39, 0.29) is 11.8 Å². The first kappa shape index (κ1) is 18.5. The average Bonchev–Trinajstić information content (AvgIpc) is 3.14. The molecule has 3 heterocycles. The van der Waals surface area contributed by atoms with Crippen molar-refractivity contribution in [3.05, 3.63) is 17.5 Å². The van der Waals surface area contributed by atoms with Gasteiger partial charge in [-0.25, -0.2) is 0 Å². The van der Waals surface area contributed by atoms with Gasteiger partial charge in [-0.3, -0.25) is 14.3 Å². The number of nitrogens with zero attached hydrogens (tertiary/aromatic N) is 4. The predicted octanol–water partition coefficient (Wildman–Crippen LogP) is 1.85. The maximum Gasteiger partial charge on any atom is 0.222 e. The van der Waals surface area contributed by atoms with Gasteiger partial charge in [-0.05, 0) is 44.1 Å². The first-order valence-corrected chi connectivity index (χ1v) is 10.4. The summed E-state index contributed by atoms with van der Waals surface area (Å²) in [4.78, 5) is 28.1. The monoisotopic (exact) mass is 374 g/mol. The van der Waals surface area contributed by atoms with Gasteiger partial charge in [0.2, 0.25) is 11.8 Å². The first-order chi connectivity index (χ1) is 13.1. The Balaban J connectivity index is 1.32. The van der Waals surface area contributed by atoms with Gasteiger partial charge in [-0.15, -0.1) is 0 Å². The maximum absolute atomic E-state index is 12.7. The SMILES string of the molecule is O=C1CCCN1CCCC(=O)N1CCCn2nc(C(O)C3CCC3)cc2C1. The lowest BCUT2D eigenvalue weighted by molar-refractivity contribution is -0.133. The first-order valence-electron chi connectivity index (χ1n) is 10.4. The van der Waals surface area contributed by atoms with Gasteiger partial charge in [0.1, 0.15) is 6.10 Å². The molecule has 27 heavy (non-hydrogen) atoms. The Kier molecular flexibility index (Phi) is 5.48. The Morgan fingerprint density at radius 3 is 2.78 bits per heavy atom. The molecule has 1 atom stereocenters. The maximum atomic E-state index is 12.7. The molecule has 1 aromatic rings. The molecule has 2 amide bonds. The zero-order valence-corrected chi connectivity index (χ0v) is 16.0. The minimum atomic E-state index is -0.472. The smallest absolute Gasteiger partial charge is 0.222 e. The summed E-state index contributed by atoms with van der Waals surface area (Å²) in [6, 6.07) is 1.98. The predicted molar refractivity (Wildman–Crippen MR) is 99.6 cm³/mol. The zero-order valence-electron chi connectivity index (χ0n) is 16.0. The summed E-state index contributed by atoms with van der Waals surface area (Å²) in [6.07, 6.45) is 6.56. The molecule has 1 saturated carbocycles. The molecule has 7 heteroatoms. The second-order valence-corrected chi connectivity index (χ2v) is 8.18.